The van der Waals surface area contributed by atoms with E-state index in [1.165, 1.54) is 0 Å². The van der Waals surface area contributed by atoms with E-state index in [-0.39, 0.29) is 35.9 Å². The van der Waals surface area contributed by atoms with Crippen LogP contribution in [0.4, 0.5) is 4.39 Å². The van der Waals surface area contributed by atoms with Gasteiger partial charge in [-0.1, -0.05) is 0 Å². The molecule has 2 heterocycles. The molecule has 0 radical (unpaired) electrons. The zero-order chi connectivity index (χ0) is 17.1. The standard InChI is InChI=1S/C16H21FN4O3/c1-21-9-10(6-14(21)22)15(23)20-12-2-4-13(5-3-12)24-16-18-7-11(17)8-19-16/h7-8,10,12-13H,2-6,9H2,1H3,(H,20,23). The molecule has 1 aliphatic heterocycles. The maximum Gasteiger partial charge on any atom is 0.316 e. The molecule has 1 aromatic heterocycles. The number of ether oxygens (including phenoxy) is 1. The van der Waals surface area contributed by atoms with Gasteiger partial charge in [0, 0.05) is 26.1 Å². The van der Waals surface area contributed by atoms with Crippen molar-refractivity contribution in [3.05, 3.63) is 18.2 Å². The fourth-order valence-corrected chi connectivity index (χ4v) is 3.19. The molecule has 0 spiro atoms. The van der Waals surface area contributed by atoms with Crippen molar-refractivity contribution in [2.75, 3.05) is 13.6 Å². The van der Waals surface area contributed by atoms with Crippen LogP contribution in [0.1, 0.15) is 32.1 Å². The number of carbonyl (C=O) groups excluding carboxylic acids is 2. The molecule has 7 nitrogen and oxygen atoms in total. The Morgan fingerprint density at radius 2 is 1.96 bits per heavy atom. The number of hydrogen-bond acceptors (Lipinski definition) is 5. The first-order valence-electron chi connectivity index (χ1n) is 8.20. The summed E-state index contributed by atoms with van der Waals surface area (Å²) in [7, 11) is 1.72. The van der Waals surface area contributed by atoms with Gasteiger partial charge in [0.2, 0.25) is 11.8 Å². The summed E-state index contributed by atoms with van der Waals surface area (Å²) in [4.78, 5) is 32.9. The van der Waals surface area contributed by atoms with Gasteiger partial charge in [-0.2, -0.15) is 0 Å². The van der Waals surface area contributed by atoms with Crippen molar-refractivity contribution in [2.24, 2.45) is 5.92 Å². The van der Waals surface area contributed by atoms with E-state index in [0.29, 0.717) is 13.0 Å². The molecule has 1 N–H and O–H groups in total. The van der Waals surface area contributed by atoms with Crippen LogP contribution in [0.3, 0.4) is 0 Å². The predicted molar refractivity (Wildman–Crippen MR) is 82.5 cm³/mol. The highest BCUT2D eigenvalue weighted by molar-refractivity contribution is 5.89. The molecule has 24 heavy (non-hydrogen) atoms. The van der Waals surface area contributed by atoms with Gasteiger partial charge in [0.15, 0.2) is 5.82 Å². The lowest BCUT2D eigenvalue weighted by atomic mass is 9.92. The zero-order valence-electron chi connectivity index (χ0n) is 13.6. The van der Waals surface area contributed by atoms with Gasteiger partial charge in [-0.05, 0) is 25.7 Å². The van der Waals surface area contributed by atoms with E-state index in [0.717, 1.165) is 38.1 Å². The largest absolute Gasteiger partial charge is 0.460 e. The minimum absolute atomic E-state index is 0.0200. The summed E-state index contributed by atoms with van der Waals surface area (Å²) in [6.07, 6.45) is 5.57. The van der Waals surface area contributed by atoms with Crippen molar-refractivity contribution in [3.8, 4) is 6.01 Å². The Kier molecular flexibility index (Phi) is 4.92. The van der Waals surface area contributed by atoms with Gasteiger partial charge >= 0.3 is 6.01 Å². The van der Waals surface area contributed by atoms with Crippen LogP contribution in [-0.2, 0) is 9.59 Å². The molecule has 0 bridgehead atoms. The van der Waals surface area contributed by atoms with Gasteiger partial charge in [-0.15, -0.1) is 0 Å². The number of rotatable bonds is 4. The van der Waals surface area contributed by atoms with Crippen molar-refractivity contribution in [3.63, 3.8) is 0 Å². The molecular weight excluding hydrogens is 315 g/mol. The fourth-order valence-electron chi connectivity index (χ4n) is 3.19. The first-order chi connectivity index (χ1) is 11.5. The van der Waals surface area contributed by atoms with Crippen molar-refractivity contribution in [1.29, 1.82) is 0 Å². The zero-order valence-corrected chi connectivity index (χ0v) is 13.6. The Labute approximate surface area is 139 Å². The van der Waals surface area contributed by atoms with E-state index in [4.69, 9.17) is 4.74 Å². The average molecular weight is 336 g/mol. The second-order valence-corrected chi connectivity index (χ2v) is 6.46. The number of likely N-dealkylation sites (tertiary alicyclic amines) is 1. The third kappa shape index (κ3) is 3.98. The lowest BCUT2D eigenvalue weighted by Crippen LogP contribution is -2.43. The van der Waals surface area contributed by atoms with Crippen LogP contribution in [0.5, 0.6) is 6.01 Å². The summed E-state index contributed by atoms with van der Waals surface area (Å²) in [6.45, 7) is 0.491. The number of aromatic nitrogens is 2. The number of halogens is 1. The first kappa shape index (κ1) is 16.6. The highest BCUT2D eigenvalue weighted by Gasteiger charge is 2.33. The molecular formula is C16H21FN4O3. The maximum atomic E-state index is 12.8. The molecule has 0 aromatic carbocycles. The Balaban J connectivity index is 1.43. The number of carbonyl (C=O) groups is 2. The summed E-state index contributed by atoms with van der Waals surface area (Å²) < 4.78 is 18.4. The minimum atomic E-state index is -0.496. The highest BCUT2D eigenvalue weighted by Crippen LogP contribution is 2.23. The summed E-state index contributed by atoms with van der Waals surface area (Å²) in [5, 5.41) is 3.04. The van der Waals surface area contributed by atoms with Crippen molar-refractivity contribution in [2.45, 2.75) is 44.2 Å². The van der Waals surface area contributed by atoms with E-state index in [1.807, 2.05) is 0 Å². The number of amides is 2. The van der Waals surface area contributed by atoms with Crippen LogP contribution in [0.15, 0.2) is 12.4 Å². The van der Waals surface area contributed by atoms with Crippen LogP contribution >= 0.6 is 0 Å². The minimum Gasteiger partial charge on any atom is -0.460 e. The Morgan fingerprint density at radius 3 is 2.54 bits per heavy atom. The second-order valence-electron chi connectivity index (χ2n) is 6.46. The fraction of sp³-hybridized carbons (Fsp3) is 0.625. The van der Waals surface area contributed by atoms with E-state index >= 15 is 0 Å². The summed E-state index contributed by atoms with van der Waals surface area (Å²) in [5.41, 5.74) is 0. The smallest absolute Gasteiger partial charge is 0.316 e. The van der Waals surface area contributed by atoms with E-state index in [2.05, 4.69) is 15.3 Å². The van der Waals surface area contributed by atoms with Gasteiger partial charge in [-0.25, -0.2) is 14.4 Å². The van der Waals surface area contributed by atoms with Crippen molar-refractivity contribution >= 4 is 11.8 Å². The number of nitrogens with one attached hydrogen (secondary N) is 1. The van der Waals surface area contributed by atoms with Crippen molar-refractivity contribution < 1.29 is 18.7 Å². The first-order valence-corrected chi connectivity index (χ1v) is 8.20. The topological polar surface area (TPSA) is 84.4 Å². The van der Waals surface area contributed by atoms with E-state index in [1.54, 1.807) is 11.9 Å². The molecule has 2 amide bonds. The van der Waals surface area contributed by atoms with Crippen LogP contribution < -0.4 is 10.1 Å². The highest BCUT2D eigenvalue weighted by atomic mass is 19.1. The number of nitrogens with zero attached hydrogens (tertiary/aromatic N) is 3. The Hall–Kier alpha value is -2.25. The quantitative estimate of drug-likeness (QED) is 0.883. The van der Waals surface area contributed by atoms with Gasteiger partial charge < -0.3 is 15.0 Å². The molecule has 8 heteroatoms. The SMILES string of the molecule is CN1CC(C(=O)NC2CCC(Oc3ncc(F)cn3)CC2)CC1=O. The Morgan fingerprint density at radius 1 is 1.29 bits per heavy atom. The van der Waals surface area contributed by atoms with Crippen molar-refractivity contribution in [1.82, 2.24) is 20.2 Å². The maximum absolute atomic E-state index is 12.8. The number of hydrogen-bond donors (Lipinski definition) is 1. The van der Waals surface area contributed by atoms with Crippen LogP contribution in [0, 0.1) is 11.7 Å². The lowest BCUT2D eigenvalue weighted by Gasteiger charge is -2.29. The van der Waals surface area contributed by atoms with Crippen LogP contribution in [-0.4, -0.2) is 52.4 Å². The van der Waals surface area contributed by atoms with Gasteiger partial charge in [0.1, 0.15) is 6.10 Å². The normalized spacial score (nSPS) is 27.2. The monoisotopic (exact) mass is 336 g/mol. The Bertz CT molecular complexity index is 602. The summed E-state index contributed by atoms with van der Waals surface area (Å²) in [6, 6.07) is 0.281. The molecule has 2 fully saturated rings. The third-order valence-electron chi connectivity index (χ3n) is 4.60. The molecule has 3 rings (SSSR count). The molecule has 2 aliphatic rings. The molecule has 1 saturated carbocycles. The summed E-state index contributed by atoms with van der Waals surface area (Å²) in [5.74, 6) is -0.764. The molecule has 1 atom stereocenters. The molecule has 130 valence electrons. The lowest BCUT2D eigenvalue weighted by molar-refractivity contribution is -0.128. The predicted octanol–water partition coefficient (Wildman–Crippen LogP) is 0.900. The van der Waals surface area contributed by atoms with Gasteiger partial charge in [0.05, 0.1) is 18.3 Å². The second kappa shape index (κ2) is 7.11. The van der Waals surface area contributed by atoms with E-state index in [9.17, 15) is 14.0 Å². The molecule has 1 aromatic rings. The summed E-state index contributed by atoms with van der Waals surface area (Å²) >= 11 is 0. The van der Waals surface area contributed by atoms with Gasteiger partial charge in [0.25, 0.3) is 0 Å². The third-order valence-corrected chi connectivity index (χ3v) is 4.60. The van der Waals surface area contributed by atoms with Crippen LogP contribution in [0.2, 0.25) is 0 Å². The van der Waals surface area contributed by atoms with Gasteiger partial charge in [-0.3, -0.25) is 9.59 Å². The van der Waals surface area contributed by atoms with Crippen LogP contribution in [0.25, 0.3) is 0 Å². The van der Waals surface area contributed by atoms with E-state index < -0.39 is 5.82 Å². The molecule has 1 aliphatic carbocycles. The molecule has 1 saturated heterocycles. The molecule has 1 unspecified atom stereocenters. The average Bonchev–Trinajstić information content (AvgIpc) is 2.91.